The zero-order valence-corrected chi connectivity index (χ0v) is 27.4. The molecule has 0 aliphatic rings. The Labute approximate surface area is 303 Å². The van der Waals surface area contributed by atoms with Gasteiger partial charge in [0.1, 0.15) is 22.3 Å². The van der Waals surface area contributed by atoms with Gasteiger partial charge in [-0.25, -0.2) is 15.0 Å². The molecule has 7 aromatic carbocycles. The minimum atomic E-state index is -0.345. The molecule has 5 nitrogen and oxygen atoms in total. The Morgan fingerprint density at radius 2 is 1.18 bits per heavy atom. The van der Waals surface area contributed by atoms with Crippen molar-refractivity contribution in [2.75, 3.05) is 0 Å². The first-order valence-corrected chi connectivity index (χ1v) is 17.2. The van der Waals surface area contributed by atoms with Gasteiger partial charge >= 0.3 is 0 Å². The van der Waals surface area contributed by atoms with Crippen LogP contribution in [0.1, 0.15) is 8.22 Å². The van der Waals surface area contributed by atoms with Crippen molar-refractivity contribution in [1.82, 2.24) is 15.0 Å². The second-order valence-corrected chi connectivity index (χ2v) is 13.4. The molecule has 51 heavy (non-hydrogen) atoms. The molecule has 0 radical (unpaired) electrons. The molecule has 0 atom stereocenters. The molecule has 0 bridgehead atoms. The highest BCUT2D eigenvalue weighted by molar-refractivity contribution is 7.25. The van der Waals surface area contributed by atoms with Crippen LogP contribution < -0.4 is 0 Å². The van der Waals surface area contributed by atoms with E-state index in [1.807, 2.05) is 109 Å². The molecule has 0 saturated heterocycles. The summed E-state index contributed by atoms with van der Waals surface area (Å²) in [5, 5.41) is 4.01. The van der Waals surface area contributed by atoms with Crippen LogP contribution >= 0.6 is 11.3 Å². The fourth-order valence-corrected chi connectivity index (χ4v) is 7.95. The van der Waals surface area contributed by atoms with Crippen molar-refractivity contribution >= 4 is 75.4 Å². The number of benzene rings is 7. The third-order valence-corrected chi connectivity index (χ3v) is 10.4. The molecule has 0 fully saturated rings. The topological polar surface area (TPSA) is 65.0 Å². The van der Waals surface area contributed by atoms with E-state index >= 15 is 0 Å². The van der Waals surface area contributed by atoms with Crippen molar-refractivity contribution in [3.05, 3.63) is 152 Å². The van der Waals surface area contributed by atoms with E-state index in [4.69, 9.17) is 27.9 Å². The van der Waals surface area contributed by atoms with E-state index in [2.05, 4.69) is 6.07 Å². The van der Waals surface area contributed by atoms with Crippen LogP contribution in [0.5, 0.6) is 0 Å². The fraction of sp³-hybridized carbons (Fsp3) is 0. The summed E-state index contributed by atoms with van der Waals surface area (Å²) in [5.74, 6) is 0.535. The highest BCUT2D eigenvalue weighted by atomic mass is 32.1. The summed E-state index contributed by atoms with van der Waals surface area (Å²) in [5.41, 5.74) is 3.41. The van der Waals surface area contributed by atoms with Gasteiger partial charge in [0.2, 0.25) is 0 Å². The van der Waals surface area contributed by atoms with E-state index in [1.165, 1.54) is 0 Å². The van der Waals surface area contributed by atoms with Crippen LogP contribution in [0.15, 0.2) is 160 Å². The zero-order valence-electron chi connectivity index (χ0n) is 32.5. The van der Waals surface area contributed by atoms with Crippen LogP contribution in [0.3, 0.4) is 0 Å². The number of fused-ring (bicyclic) bond motifs is 9. The summed E-state index contributed by atoms with van der Waals surface area (Å²) >= 11 is 1.66. The average Bonchev–Trinajstić information content (AvgIpc) is 3.94. The smallest absolute Gasteiger partial charge is 0.167 e. The predicted molar refractivity (Wildman–Crippen MR) is 209 cm³/mol. The van der Waals surface area contributed by atoms with Crippen molar-refractivity contribution in [2.24, 2.45) is 0 Å². The Kier molecular flexibility index (Phi) is 4.91. The lowest BCUT2D eigenvalue weighted by Crippen LogP contribution is -2.00. The minimum Gasteiger partial charge on any atom is -0.455 e. The maximum absolute atomic E-state index is 9.56. The maximum Gasteiger partial charge on any atom is 0.167 e. The van der Waals surface area contributed by atoms with Gasteiger partial charge in [0.05, 0.1) is 13.8 Å². The van der Waals surface area contributed by atoms with Crippen LogP contribution in [0.4, 0.5) is 0 Å². The minimum absolute atomic E-state index is 0.0127. The molecule has 0 amide bonds. The van der Waals surface area contributed by atoms with Gasteiger partial charge in [-0.3, -0.25) is 0 Å². The van der Waals surface area contributed by atoms with Gasteiger partial charge in [-0.2, -0.15) is 0 Å². The summed E-state index contributed by atoms with van der Waals surface area (Å²) in [6, 6.07) is 34.9. The van der Waals surface area contributed by atoms with Gasteiger partial charge in [0.15, 0.2) is 17.5 Å². The standard InChI is InChI=1S/C45H25N3O2S/c1-2-10-26(11-3-1)43-46-44(48-45(47-43)35-17-9-16-33-30-12-4-6-18-37(30)49-42(33)35)28-20-22-31-34-15-8-14-29(41(34)50-38(31)25-28)27-21-23-40-36(24-27)32-13-5-7-19-39(32)51-40/h1-25H/i8D,14D,15D,20D,22D,25D. The largest absolute Gasteiger partial charge is 0.455 e. The zero-order chi connectivity index (χ0) is 38.7. The normalized spacial score (nSPS) is 13.6. The molecule has 0 unspecified atom stereocenters. The number of rotatable bonds is 4. The molecule has 11 rings (SSSR count). The first kappa shape index (κ1) is 22.9. The second kappa shape index (κ2) is 10.9. The van der Waals surface area contributed by atoms with Gasteiger partial charge in [-0.15, -0.1) is 11.3 Å². The number of hydrogen-bond acceptors (Lipinski definition) is 6. The number of para-hydroxylation sites is 3. The highest BCUT2D eigenvalue weighted by Gasteiger charge is 2.19. The Morgan fingerprint density at radius 1 is 0.451 bits per heavy atom. The Hall–Kier alpha value is -6.63. The van der Waals surface area contributed by atoms with Crippen molar-refractivity contribution in [1.29, 1.82) is 0 Å². The van der Waals surface area contributed by atoms with Gasteiger partial charge in [-0.05, 0) is 48.0 Å². The number of aromatic nitrogens is 3. The summed E-state index contributed by atoms with van der Waals surface area (Å²) in [6.45, 7) is 0. The van der Waals surface area contributed by atoms with E-state index in [0.29, 0.717) is 33.7 Å². The number of hydrogen-bond donors (Lipinski definition) is 0. The summed E-state index contributed by atoms with van der Waals surface area (Å²) in [6.07, 6.45) is 0. The SMILES string of the molecule is [2H]c1c([2H])c([2H])c2c(oc3c([2H])c(-c4nc(-c5ccccc5)nc(-c5cccc6c5oc5ccccc56)n4)c([2H])c([2H])c32)c1-c1ccc2sc3ccccc3c2c1. The molecule has 0 saturated carbocycles. The van der Waals surface area contributed by atoms with Crippen molar-refractivity contribution in [3.8, 4) is 45.3 Å². The highest BCUT2D eigenvalue weighted by Crippen LogP contribution is 2.41. The molecule has 0 spiro atoms. The lowest BCUT2D eigenvalue weighted by Gasteiger charge is -2.08. The molecule has 11 aromatic rings. The lowest BCUT2D eigenvalue weighted by atomic mass is 10.00. The second-order valence-electron chi connectivity index (χ2n) is 12.3. The predicted octanol–water partition coefficient (Wildman–Crippen LogP) is 12.7. The van der Waals surface area contributed by atoms with Crippen molar-refractivity contribution in [3.63, 3.8) is 0 Å². The Bertz CT molecular complexity index is 3510. The van der Waals surface area contributed by atoms with Crippen LogP contribution in [-0.4, -0.2) is 15.0 Å². The third kappa shape index (κ3) is 4.43. The maximum atomic E-state index is 9.56. The average molecular weight is 678 g/mol. The van der Waals surface area contributed by atoms with E-state index in [9.17, 15) is 4.11 Å². The molecule has 0 aliphatic heterocycles. The van der Waals surface area contributed by atoms with Gasteiger partial charge in [-0.1, -0.05) is 109 Å². The van der Waals surface area contributed by atoms with Crippen LogP contribution in [-0.2, 0) is 0 Å². The van der Waals surface area contributed by atoms with Crippen LogP contribution in [0.2, 0.25) is 0 Å². The molecular weight excluding hydrogens is 647 g/mol. The molecule has 6 heteroatoms. The van der Waals surface area contributed by atoms with Crippen molar-refractivity contribution < 1.29 is 17.1 Å². The summed E-state index contributed by atoms with van der Waals surface area (Å²) < 4.78 is 70.2. The summed E-state index contributed by atoms with van der Waals surface area (Å²) in [4.78, 5) is 14.5. The van der Waals surface area contributed by atoms with Gasteiger partial charge < -0.3 is 8.83 Å². The number of nitrogens with zero attached hydrogens (tertiary/aromatic N) is 3. The van der Waals surface area contributed by atoms with Crippen molar-refractivity contribution in [2.45, 2.75) is 0 Å². The van der Waals surface area contributed by atoms with E-state index in [1.54, 1.807) is 11.3 Å². The number of furan rings is 2. The Morgan fingerprint density at radius 3 is 2.10 bits per heavy atom. The first-order valence-electron chi connectivity index (χ1n) is 19.4. The molecule has 4 aromatic heterocycles. The van der Waals surface area contributed by atoms with E-state index in [-0.39, 0.29) is 81.0 Å². The fourth-order valence-electron chi connectivity index (χ4n) is 6.86. The molecule has 4 heterocycles. The molecule has 0 aliphatic carbocycles. The van der Waals surface area contributed by atoms with E-state index in [0.717, 1.165) is 30.9 Å². The number of thiophene rings is 1. The molecule has 238 valence electrons. The van der Waals surface area contributed by atoms with Crippen LogP contribution in [0, 0.1) is 0 Å². The third-order valence-electron chi connectivity index (χ3n) is 9.26. The monoisotopic (exact) mass is 677 g/mol. The molecular formula is C45H25N3O2S. The summed E-state index contributed by atoms with van der Waals surface area (Å²) in [7, 11) is 0. The van der Waals surface area contributed by atoms with E-state index < -0.39 is 0 Å². The van der Waals surface area contributed by atoms with Gasteiger partial charge in [0.25, 0.3) is 0 Å². The quantitative estimate of drug-likeness (QED) is 0.185. The Balaban J connectivity index is 1.18. The van der Waals surface area contributed by atoms with Crippen LogP contribution in [0.25, 0.3) is 109 Å². The molecule has 0 N–H and O–H groups in total. The lowest BCUT2D eigenvalue weighted by molar-refractivity contribution is 0.669. The van der Waals surface area contributed by atoms with Gasteiger partial charge in [0, 0.05) is 58.4 Å². The first-order chi connectivity index (χ1) is 27.8.